The molecule has 1 atom stereocenters. The molecule has 2 aromatic rings. The topological polar surface area (TPSA) is 26.0 Å². The van der Waals surface area contributed by atoms with E-state index in [9.17, 15) is 4.39 Å². The molecule has 2 aromatic carbocycles. The summed E-state index contributed by atoms with van der Waals surface area (Å²) in [5.41, 5.74) is 9.45. The molecule has 2 N–H and O–H groups in total. The number of hydrogen-bond acceptors (Lipinski definition) is 1. The van der Waals surface area contributed by atoms with Crippen LogP contribution in [0.25, 0.3) is 0 Å². The van der Waals surface area contributed by atoms with E-state index in [1.54, 1.807) is 12.1 Å². The van der Waals surface area contributed by atoms with Gasteiger partial charge in [0.05, 0.1) is 0 Å². The van der Waals surface area contributed by atoms with Gasteiger partial charge in [0.2, 0.25) is 0 Å². The van der Waals surface area contributed by atoms with Crippen molar-refractivity contribution in [3.63, 3.8) is 0 Å². The summed E-state index contributed by atoms with van der Waals surface area (Å²) in [6.07, 6.45) is 0.689. The number of benzene rings is 2. The Bertz CT molecular complexity index is 553. The quantitative estimate of drug-likeness (QED) is 0.878. The van der Waals surface area contributed by atoms with Crippen LogP contribution in [0.15, 0.2) is 48.5 Å². The zero-order chi connectivity index (χ0) is 14.8. The maximum Gasteiger partial charge on any atom is 0.123 e. The van der Waals surface area contributed by atoms with Gasteiger partial charge in [0, 0.05) is 5.54 Å². The van der Waals surface area contributed by atoms with Crippen molar-refractivity contribution in [3.05, 3.63) is 71.0 Å². The Morgan fingerprint density at radius 3 is 2.05 bits per heavy atom. The monoisotopic (exact) mass is 271 g/mol. The lowest BCUT2D eigenvalue weighted by molar-refractivity contribution is 0.490. The van der Waals surface area contributed by atoms with E-state index < -0.39 is 5.54 Å². The third-order valence-electron chi connectivity index (χ3n) is 3.72. The van der Waals surface area contributed by atoms with Gasteiger partial charge in [-0.25, -0.2) is 4.39 Å². The van der Waals surface area contributed by atoms with Crippen LogP contribution in [-0.4, -0.2) is 0 Å². The van der Waals surface area contributed by atoms with Gasteiger partial charge in [-0.3, -0.25) is 0 Å². The normalized spacial score (nSPS) is 14.3. The molecule has 1 nitrogen and oxygen atoms in total. The minimum Gasteiger partial charge on any atom is -0.321 e. The first kappa shape index (κ1) is 14.7. The highest BCUT2D eigenvalue weighted by atomic mass is 19.1. The molecule has 0 aromatic heterocycles. The summed E-state index contributed by atoms with van der Waals surface area (Å²) in [5, 5.41) is 0. The van der Waals surface area contributed by atoms with E-state index in [-0.39, 0.29) is 5.82 Å². The Morgan fingerprint density at radius 2 is 1.55 bits per heavy atom. The average Bonchev–Trinajstić information content (AvgIpc) is 2.41. The second kappa shape index (κ2) is 5.76. The van der Waals surface area contributed by atoms with Crippen molar-refractivity contribution in [2.75, 3.05) is 0 Å². The highest BCUT2D eigenvalue weighted by molar-refractivity contribution is 5.31. The number of hydrogen-bond donors (Lipinski definition) is 1. The molecule has 0 spiro atoms. The molecule has 0 bridgehead atoms. The Hall–Kier alpha value is -1.67. The van der Waals surface area contributed by atoms with Crippen molar-refractivity contribution in [1.29, 1.82) is 0 Å². The molecule has 2 rings (SSSR count). The molecule has 0 saturated carbocycles. The third kappa shape index (κ3) is 3.45. The van der Waals surface area contributed by atoms with E-state index in [4.69, 9.17) is 5.73 Å². The molecule has 0 aliphatic carbocycles. The molecule has 0 radical (unpaired) electrons. The molecule has 0 aliphatic rings. The minimum absolute atomic E-state index is 0.214. The summed E-state index contributed by atoms with van der Waals surface area (Å²) in [7, 11) is 0. The molecule has 0 fully saturated rings. The fraction of sp³-hybridized carbons (Fsp3) is 0.333. The van der Waals surface area contributed by atoms with Crippen molar-refractivity contribution in [1.82, 2.24) is 0 Å². The number of rotatable bonds is 4. The van der Waals surface area contributed by atoms with Gasteiger partial charge in [0.1, 0.15) is 5.82 Å². The van der Waals surface area contributed by atoms with Gasteiger partial charge in [-0.15, -0.1) is 0 Å². The zero-order valence-corrected chi connectivity index (χ0v) is 12.4. The second-order valence-corrected chi connectivity index (χ2v) is 6.00. The van der Waals surface area contributed by atoms with Crippen molar-refractivity contribution in [3.8, 4) is 0 Å². The van der Waals surface area contributed by atoms with Crippen LogP contribution in [0.5, 0.6) is 0 Å². The summed E-state index contributed by atoms with van der Waals surface area (Å²) in [6.45, 7) is 6.37. The SMILES string of the molecule is CC(C)c1ccc(C(C)(N)Cc2ccc(F)cc2)cc1. The summed E-state index contributed by atoms with van der Waals surface area (Å²) in [5.74, 6) is 0.305. The van der Waals surface area contributed by atoms with Crippen molar-refractivity contribution in [2.45, 2.75) is 38.6 Å². The number of halogens is 1. The number of nitrogens with two attached hydrogens (primary N) is 1. The first-order valence-electron chi connectivity index (χ1n) is 7.02. The van der Waals surface area contributed by atoms with Crippen LogP contribution in [0.4, 0.5) is 4.39 Å². The van der Waals surface area contributed by atoms with Crippen LogP contribution < -0.4 is 5.73 Å². The molecule has 106 valence electrons. The van der Waals surface area contributed by atoms with Crippen LogP contribution in [0, 0.1) is 5.82 Å². The third-order valence-corrected chi connectivity index (χ3v) is 3.72. The predicted octanol–water partition coefficient (Wildman–Crippen LogP) is 4.37. The largest absolute Gasteiger partial charge is 0.321 e. The summed E-state index contributed by atoms with van der Waals surface area (Å²) in [6, 6.07) is 15.0. The van der Waals surface area contributed by atoms with E-state index in [0.717, 1.165) is 11.1 Å². The van der Waals surface area contributed by atoms with Gasteiger partial charge >= 0.3 is 0 Å². The van der Waals surface area contributed by atoms with Crippen LogP contribution in [0.3, 0.4) is 0 Å². The fourth-order valence-corrected chi connectivity index (χ4v) is 2.38. The van der Waals surface area contributed by atoms with Gasteiger partial charge in [-0.1, -0.05) is 50.2 Å². The maximum absolute atomic E-state index is 12.9. The Labute approximate surface area is 120 Å². The van der Waals surface area contributed by atoms with E-state index in [2.05, 4.69) is 38.1 Å². The molecule has 0 saturated heterocycles. The first-order valence-corrected chi connectivity index (χ1v) is 7.02. The van der Waals surface area contributed by atoms with E-state index >= 15 is 0 Å². The molecule has 0 heterocycles. The summed E-state index contributed by atoms with van der Waals surface area (Å²) < 4.78 is 12.9. The molecule has 0 aliphatic heterocycles. The Kier molecular flexibility index (Phi) is 4.24. The molecule has 0 amide bonds. The molecular weight excluding hydrogens is 249 g/mol. The van der Waals surface area contributed by atoms with Crippen LogP contribution in [0.1, 0.15) is 43.4 Å². The average molecular weight is 271 g/mol. The van der Waals surface area contributed by atoms with Gasteiger partial charge in [-0.05, 0) is 48.1 Å². The Balaban J connectivity index is 2.18. The van der Waals surface area contributed by atoms with E-state index in [1.807, 2.05) is 6.92 Å². The maximum atomic E-state index is 12.9. The van der Waals surface area contributed by atoms with Crippen LogP contribution >= 0.6 is 0 Å². The summed E-state index contributed by atoms with van der Waals surface area (Å²) in [4.78, 5) is 0. The smallest absolute Gasteiger partial charge is 0.123 e. The van der Waals surface area contributed by atoms with Gasteiger partial charge in [0.25, 0.3) is 0 Å². The minimum atomic E-state index is -0.451. The predicted molar refractivity (Wildman–Crippen MR) is 82.2 cm³/mol. The highest BCUT2D eigenvalue weighted by Gasteiger charge is 2.21. The molecular formula is C18H22FN. The fourth-order valence-electron chi connectivity index (χ4n) is 2.38. The van der Waals surface area contributed by atoms with E-state index in [0.29, 0.717) is 12.3 Å². The highest BCUT2D eigenvalue weighted by Crippen LogP contribution is 2.25. The standard InChI is InChI=1S/C18H22FN/c1-13(2)15-6-8-16(9-7-15)18(3,20)12-14-4-10-17(19)11-5-14/h4-11,13H,12,20H2,1-3H3. The lowest BCUT2D eigenvalue weighted by Gasteiger charge is -2.26. The van der Waals surface area contributed by atoms with E-state index in [1.165, 1.54) is 17.7 Å². The molecule has 1 unspecified atom stereocenters. The van der Waals surface area contributed by atoms with Gasteiger partial charge < -0.3 is 5.73 Å². The van der Waals surface area contributed by atoms with Crippen LogP contribution in [0.2, 0.25) is 0 Å². The van der Waals surface area contributed by atoms with Crippen molar-refractivity contribution < 1.29 is 4.39 Å². The zero-order valence-electron chi connectivity index (χ0n) is 12.4. The summed E-state index contributed by atoms with van der Waals surface area (Å²) >= 11 is 0. The molecule has 20 heavy (non-hydrogen) atoms. The van der Waals surface area contributed by atoms with Crippen molar-refractivity contribution in [2.24, 2.45) is 5.73 Å². The lowest BCUT2D eigenvalue weighted by Crippen LogP contribution is -2.35. The van der Waals surface area contributed by atoms with Crippen LogP contribution in [-0.2, 0) is 12.0 Å². The Morgan fingerprint density at radius 1 is 1.00 bits per heavy atom. The van der Waals surface area contributed by atoms with Crippen molar-refractivity contribution >= 4 is 0 Å². The second-order valence-electron chi connectivity index (χ2n) is 6.00. The van der Waals surface area contributed by atoms with Gasteiger partial charge in [0.15, 0.2) is 0 Å². The molecule has 2 heteroatoms. The lowest BCUT2D eigenvalue weighted by atomic mass is 9.85. The van der Waals surface area contributed by atoms with Gasteiger partial charge in [-0.2, -0.15) is 0 Å². The first-order chi connectivity index (χ1) is 9.38.